The summed E-state index contributed by atoms with van der Waals surface area (Å²) < 4.78 is 43.4. The van der Waals surface area contributed by atoms with E-state index < -0.39 is 6.61 Å². The van der Waals surface area contributed by atoms with E-state index in [2.05, 4.69) is 15.2 Å². The number of nitrogens with one attached hydrogen (secondary N) is 1. The number of alkyl halides is 2. The van der Waals surface area contributed by atoms with E-state index in [0.717, 1.165) is 11.3 Å². The first-order valence-corrected chi connectivity index (χ1v) is 9.12. The van der Waals surface area contributed by atoms with Gasteiger partial charge < -0.3 is 10.1 Å². The number of benzene rings is 2. The Labute approximate surface area is 166 Å². The third kappa shape index (κ3) is 5.16. The molecule has 0 saturated heterocycles. The minimum absolute atomic E-state index is 0.0913. The van der Waals surface area contributed by atoms with Crippen LogP contribution in [0.1, 0.15) is 28.5 Å². The normalized spacial score (nSPS) is 10.9. The molecule has 0 spiro atoms. The lowest BCUT2D eigenvalue weighted by molar-refractivity contribution is -0.0498. The smallest absolute Gasteiger partial charge is 0.387 e. The van der Waals surface area contributed by atoms with Crippen LogP contribution in [-0.2, 0) is 12.8 Å². The Hall–Kier alpha value is -3.29. The number of amides is 1. The zero-order valence-corrected chi connectivity index (χ0v) is 15.7. The van der Waals surface area contributed by atoms with Crippen molar-refractivity contribution in [1.29, 1.82) is 0 Å². The van der Waals surface area contributed by atoms with Gasteiger partial charge in [0.05, 0.1) is 23.1 Å². The summed E-state index contributed by atoms with van der Waals surface area (Å²) in [7, 11) is 0. The van der Waals surface area contributed by atoms with Crippen LogP contribution in [0.2, 0.25) is 0 Å². The number of hydrogen-bond acceptors (Lipinski definition) is 3. The van der Waals surface area contributed by atoms with Crippen LogP contribution >= 0.6 is 0 Å². The van der Waals surface area contributed by atoms with E-state index in [0.29, 0.717) is 30.6 Å². The largest absolute Gasteiger partial charge is 0.435 e. The summed E-state index contributed by atoms with van der Waals surface area (Å²) in [6, 6.07) is 12.2. The topological polar surface area (TPSA) is 56.1 Å². The van der Waals surface area contributed by atoms with Crippen LogP contribution < -0.4 is 10.1 Å². The maximum atomic E-state index is 13.1. The summed E-state index contributed by atoms with van der Waals surface area (Å²) in [5.41, 5.74) is 2.73. The molecular formula is C21H20F3N3O2. The van der Waals surface area contributed by atoms with E-state index >= 15 is 0 Å². The lowest BCUT2D eigenvalue weighted by atomic mass is 10.1. The lowest BCUT2D eigenvalue weighted by Gasteiger charge is -2.09. The Morgan fingerprint density at radius 3 is 2.45 bits per heavy atom. The van der Waals surface area contributed by atoms with Crippen LogP contribution in [0.3, 0.4) is 0 Å². The van der Waals surface area contributed by atoms with Crippen molar-refractivity contribution in [3.63, 3.8) is 0 Å². The number of halogens is 3. The van der Waals surface area contributed by atoms with Gasteiger partial charge >= 0.3 is 6.61 Å². The highest BCUT2D eigenvalue weighted by Crippen LogP contribution is 2.17. The second-order valence-electron chi connectivity index (χ2n) is 6.28. The number of hydrogen-bond donors (Lipinski definition) is 1. The Morgan fingerprint density at radius 2 is 1.83 bits per heavy atom. The number of ether oxygens (including phenoxy) is 1. The fourth-order valence-electron chi connectivity index (χ4n) is 2.96. The van der Waals surface area contributed by atoms with Crippen molar-refractivity contribution >= 4 is 5.91 Å². The summed E-state index contributed by atoms with van der Waals surface area (Å²) in [5, 5.41) is 7.11. The molecule has 0 aliphatic carbocycles. The van der Waals surface area contributed by atoms with Crippen LogP contribution in [0.5, 0.6) is 5.75 Å². The molecule has 0 aliphatic rings. The van der Waals surface area contributed by atoms with Gasteiger partial charge in [0.15, 0.2) is 0 Å². The van der Waals surface area contributed by atoms with E-state index in [1.54, 1.807) is 28.9 Å². The van der Waals surface area contributed by atoms with Gasteiger partial charge in [-0.15, -0.1) is 0 Å². The van der Waals surface area contributed by atoms with Gasteiger partial charge in [-0.1, -0.05) is 19.1 Å². The monoisotopic (exact) mass is 403 g/mol. The van der Waals surface area contributed by atoms with Gasteiger partial charge in [0.1, 0.15) is 11.6 Å². The number of nitrogens with zero attached hydrogens (tertiary/aromatic N) is 2. The van der Waals surface area contributed by atoms with Crippen LogP contribution in [0, 0.1) is 5.82 Å². The molecule has 5 nitrogen and oxygen atoms in total. The molecule has 152 valence electrons. The van der Waals surface area contributed by atoms with Crippen molar-refractivity contribution in [2.45, 2.75) is 26.4 Å². The number of carbonyl (C=O) groups excluding carboxylic acids is 1. The van der Waals surface area contributed by atoms with E-state index in [1.165, 1.54) is 30.5 Å². The molecule has 3 rings (SSSR count). The summed E-state index contributed by atoms with van der Waals surface area (Å²) >= 11 is 0. The average Bonchev–Trinajstić information content (AvgIpc) is 3.13. The molecule has 1 amide bonds. The first-order chi connectivity index (χ1) is 14.0. The van der Waals surface area contributed by atoms with Crippen molar-refractivity contribution in [3.05, 3.63) is 77.4 Å². The van der Waals surface area contributed by atoms with Gasteiger partial charge in [-0.3, -0.25) is 4.79 Å². The third-order valence-electron chi connectivity index (χ3n) is 4.37. The van der Waals surface area contributed by atoms with Crippen LogP contribution in [0.15, 0.2) is 54.7 Å². The van der Waals surface area contributed by atoms with Gasteiger partial charge in [-0.05, 0) is 54.8 Å². The van der Waals surface area contributed by atoms with Crippen molar-refractivity contribution in [3.8, 4) is 11.4 Å². The Kier molecular flexibility index (Phi) is 6.54. The zero-order chi connectivity index (χ0) is 20.8. The molecule has 1 heterocycles. The van der Waals surface area contributed by atoms with E-state index in [9.17, 15) is 18.0 Å². The van der Waals surface area contributed by atoms with E-state index in [-0.39, 0.29) is 17.5 Å². The third-order valence-corrected chi connectivity index (χ3v) is 4.37. The van der Waals surface area contributed by atoms with Gasteiger partial charge in [-0.25, -0.2) is 9.07 Å². The highest BCUT2D eigenvalue weighted by atomic mass is 19.3. The van der Waals surface area contributed by atoms with Crippen LogP contribution in [0.25, 0.3) is 5.69 Å². The standard InChI is InChI=1S/C21H20F3N3O2/c1-2-19-18(13-26-27(19)16-7-5-15(22)6-8-16)20(28)25-12-11-14-3-9-17(10-4-14)29-21(23)24/h3-10,13,21H,2,11-12H2,1H3,(H,25,28). The predicted octanol–water partition coefficient (Wildman–Crippen LogP) is 4.15. The molecule has 1 N–H and O–H groups in total. The fourth-order valence-corrected chi connectivity index (χ4v) is 2.96. The van der Waals surface area contributed by atoms with Crippen LogP contribution in [-0.4, -0.2) is 28.8 Å². The molecule has 0 saturated carbocycles. The van der Waals surface area contributed by atoms with E-state index in [4.69, 9.17) is 0 Å². The van der Waals surface area contributed by atoms with Crippen molar-refractivity contribution in [2.75, 3.05) is 6.54 Å². The summed E-state index contributed by atoms with van der Waals surface area (Å²) in [4.78, 5) is 12.6. The highest BCUT2D eigenvalue weighted by molar-refractivity contribution is 5.95. The number of rotatable bonds is 8. The highest BCUT2D eigenvalue weighted by Gasteiger charge is 2.17. The minimum Gasteiger partial charge on any atom is -0.435 e. The van der Waals surface area contributed by atoms with Gasteiger partial charge in [-0.2, -0.15) is 13.9 Å². The van der Waals surface area contributed by atoms with Crippen molar-refractivity contribution in [2.24, 2.45) is 0 Å². The van der Waals surface area contributed by atoms with Crippen molar-refractivity contribution < 1.29 is 22.7 Å². The second-order valence-corrected chi connectivity index (χ2v) is 6.28. The second kappa shape index (κ2) is 9.27. The van der Waals surface area contributed by atoms with E-state index in [1.807, 2.05) is 6.92 Å². The Balaban J connectivity index is 1.61. The molecule has 0 bridgehead atoms. The molecule has 0 radical (unpaired) electrons. The van der Waals surface area contributed by atoms with Gasteiger partial charge in [0.25, 0.3) is 5.91 Å². The van der Waals surface area contributed by atoms with Gasteiger partial charge in [0.2, 0.25) is 0 Å². The summed E-state index contributed by atoms with van der Waals surface area (Å²) in [5.74, 6) is -0.507. The Morgan fingerprint density at radius 1 is 1.14 bits per heavy atom. The SMILES string of the molecule is CCc1c(C(=O)NCCc2ccc(OC(F)F)cc2)cnn1-c1ccc(F)cc1. The molecule has 1 aromatic heterocycles. The Bertz CT molecular complexity index is 954. The lowest BCUT2D eigenvalue weighted by Crippen LogP contribution is -2.26. The molecule has 2 aromatic carbocycles. The van der Waals surface area contributed by atoms with Gasteiger partial charge in [0, 0.05) is 6.54 Å². The number of aromatic nitrogens is 2. The first-order valence-electron chi connectivity index (χ1n) is 9.12. The molecule has 0 aliphatic heterocycles. The quantitative estimate of drug-likeness (QED) is 0.615. The molecule has 0 unspecified atom stereocenters. The molecule has 0 fully saturated rings. The maximum Gasteiger partial charge on any atom is 0.387 e. The minimum atomic E-state index is -2.86. The summed E-state index contributed by atoms with van der Waals surface area (Å²) in [6.07, 6.45) is 2.61. The zero-order valence-electron chi connectivity index (χ0n) is 15.7. The number of carbonyl (C=O) groups is 1. The molecule has 8 heteroatoms. The summed E-state index contributed by atoms with van der Waals surface area (Å²) in [6.45, 7) is -0.570. The predicted molar refractivity (Wildman–Crippen MR) is 102 cm³/mol. The van der Waals surface area contributed by atoms with Crippen molar-refractivity contribution in [1.82, 2.24) is 15.1 Å². The maximum absolute atomic E-state index is 13.1. The average molecular weight is 403 g/mol. The molecule has 0 atom stereocenters. The fraction of sp³-hybridized carbons (Fsp3) is 0.238. The molecular weight excluding hydrogens is 383 g/mol. The van der Waals surface area contributed by atoms with Crippen LogP contribution in [0.4, 0.5) is 13.2 Å². The molecule has 3 aromatic rings. The first kappa shape index (κ1) is 20.4. The molecule has 29 heavy (non-hydrogen) atoms.